The van der Waals surface area contributed by atoms with Gasteiger partial charge in [-0.1, -0.05) is 44.4 Å². The van der Waals surface area contributed by atoms with Crippen molar-refractivity contribution in [2.45, 2.75) is 32.6 Å². The summed E-state index contributed by atoms with van der Waals surface area (Å²) in [6, 6.07) is 8.02. The van der Waals surface area contributed by atoms with Gasteiger partial charge in [0.1, 0.15) is 0 Å². The molecule has 1 rings (SSSR count). The molecule has 0 fully saturated rings. The van der Waals surface area contributed by atoms with E-state index >= 15 is 0 Å². The molecule has 0 saturated carbocycles. The zero-order valence-electron chi connectivity index (χ0n) is 8.29. The molecule has 0 amide bonds. The second-order valence-corrected chi connectivity index (χ2v) is 3.33. The van der Waals surface area contributed by atoms with Crippen LogP contribution in [0.1, 0.15) is 38.2 Å². The maximum atomic E-state index is 5.80. The molecule has 2 N–H and O–H groups in total. The first-order valence-corrected chi connectivity index (χ1v) is 5.02. The lowest BCUT2D eigenvalue weighted by Crippen LogP contribution is -1.91. The van der Waals surface area contributed by atoms with Crippen molar-refractivity contribution in [1.29, 1.82) is 0 Å². The third-order valence-electron chi connectivity index (χ3n) is 2.17. The minimum absolute atomic E-state index is 0.888. The molecule has 0 unspecified atom stereocenters. The maximum Gasteiger partial charge on any atom is 0.0349 e. The highest BCUT2D eigenvalue weighted by atomic mass is 14.6. The van der Waals surface area contributed by atoms with Crippen LogP contribution in [0.25, 0.3) is 0 Å². The van der Waals surface area contributed by atoms with Crippen LogP contribution in [0.5, 0.6) is 0 Å². The normalized spacial score (nSPS) is 10.2. The lowest BCUT2D eigenvalue weighted by molar-refractivity contribution is 0.715. The molecule has 0 aromatic heterocycles. The quantitative estimate of drug-likeness (QED) is 0.540. The Morgan fingerprint density at radius 2 is 2.00 bits per heavy atom. The van der Waals surface area contributed by atoms with E-state index in [9.17, 15) is 0 Å². The van der Waals surface area contributed by atoms with Gasteiger partial charge < -0.3 is 5.73 Å². The Bertz CT molecular complexity index is 243. The number of nitrogen functional groups attached to an aromatic ring is 1. The number of nitrogens with two attached hydrogens (primary N) is 1. The summed E-state index contributed by atoms with van der Waals surface area (Å²) in [4.78, 5) is 0. The van der Waals surface area contributed by atoms with E-state index in [1.807, 2.05) is 18.2 Å². The van der Waals surface area contributed by atoms with Gasteiger partial charge in [-0.25, -0.2) is 0 Å². The van der Waals surface area contributed by atoms with E-state index in [-0.39, 0.29) is 0 Å². The van der Waals surface area contributed by atoms with Crippen molar-refractivity contribution in [1.82, 2.24) is 0 Å². The van der Waals surface area contributed by atoms with Gasteiger partial charge in [-0.15, -0.1) is 0 Å². The number of benzene rings is 1. The number of unbranched alkanes of at least 4 members (excludes halogenated alkanes) is 3. The Labute approximate surface area is 81.0 Å². The molecular weight excluding hydrogens is 158 g/mol. The number of rotatable bonds is 5. The molecule has 0 saturated heterocycles. The van der Waals surface area contributed by atoms with Gasteiger partial charge in [0.15, 0.2) is 0 Å². The molecule has 0 aliphatic carbocycles. The SMILES string of the molecule is CCCCC[CH]c1ccccc1N. The Morgan fingerprint density at radius 1 is 1.23 bits per heavy atom. The average Bonchev–Trinajstić information content (AvgIpc) is 2.15. The maximum absolute atomic E-state index is 5.80. The zero-order valence-corrected chi connectivity index (χ0v) is 8.29. The number of para-hydroxylation sites is 1. The van der Waals surface area contributed by atoms with Gasteiger partial charge in [0, 0.05) is 5.69 Å². The van der Waals surface area contributed by atoms with Gasteiger partial charge in [-0.05, 0) is 24.5 Å². The van der Waals surface area contributed by atoms with Crippen molar-refractivity contribution in [3.05, 3.63) is 36.2 Å². The fourth-order valence-electron chi connectivity index (χ4n) is 1.35. The van der Waals surface area contributed by atoms with Crippen LogP contribution in [0.15, 0.2) is 24.3 Å². The second kappa shape index (κ2) is 5.63. The molecule has 71 valence electrons. The van der Waals surface area contributed by atoms with Gasteiger partial charge in [-0.2, -0.15) is 0 Å². The lowest BCUT2D eigenvalue weighted by Gasteiger charge is -2.03. The van der Waals surface area contributed by atoms with Crippen LogP contribution in [0.2, 0.25) is 0 Å². The van der Waals surface area contributed by atoms with E-state index in [1.54, 1.807) is 0 Å². The molecule has 0 spiro atoms. The predicted octanol–water partition coefficient (Wildman–Crippen LogP) is 3.40. The van der Waals surface area contributed by atoms with Crippen LogP contribution in [-0.2, 0) is 0 Å². The van der Waals surface area contributed by atoms with Crippen molar-refractivity contribution in [3.63, 3.8) is 0 Å². The summed E-state index contributed by atoms with van der Waals surface area (Å²) in [5.41, 5.74) is 7.87. The largest absolute Gasteiger partial charge is 0.398 e. The van der Waals surface area contributed by atoms with Crippen LogP contribution in [0, 0.1) is 6.42 Å². The van der Waals surface area contributed by atoms with E-state index in [1.165, 1.54) is 24.8 Å². The molecule has 1 nitrogen and oxygen atoms in total. The van der Waals surface area contributed by atoms with E-state index in [2.05, 4.69) is 19.4 Å². The van der Waals surface area contributed by atoms with E-state index in [0.717, 1.165) is 12.1 Å². The summed E-state index contributed by atoms with van der Waals surface area (Å²) >= 11 is 0. The van der Waals surface area contributed by atoms with Crippen LogP contribution < -0.4 is 5.73 Å². The fraction of sp³-hybridized carbons (Fsp3) is 0.417. The first-order valence-electron chi connectivity index (χ1n) is 5.02. The van der Waals surface area contributed by atoms with Crippen LogP contribution >= 0.6 is 0 Å². The minimum Gasteiger partial charge on any atom is -0.398 e. The van der Waals surface area contributed by atoms with Crippen LogP contribution in [-0.4, -0.2) is 0 Å². The molecule has 1 aromatic carbocycles. The van der Waals surface area contributed by atoms with Crippen molar-refractivity contribution >= 4 is 5.69 Å². The third kappa shape index (κ3) is 3.49. The second-order valence-electron chi connectivity index (χ2n) is 3.33. The number of hydrogen-bond donors (Lipinski definition) is 1. The molecule has 0 atom stereocenters. The monoisotopic (exact) mass is 176 g/mol. The van der Waals surface area contributed by atoms with Crippen molar-refractivity contribution in [3.8, 4) is 0 Å². The molecule has 0 aliphatic heterocycles. The van der Waals surface area contributed by atoms with Crippen molar-refractivity contribution < 1.29 is 0 Å². The first-order chi connectivity index (χ1) is 6.34. The van der Waals surface area contributed by atoms with E-state index < -0.39 is 0 Å². The van der Waals surface area contributed by atoms with Gasteiger partial charge in [-0.3, -0.25) is 0 Å². The summed E-state index contributed by atoms with van der Waals surface area (Å²) in [7, 11) is 0. The summed E-state index contributed by atoms with van der Waals surface area (Å²) in [5, 5.41) is 0. The lowest BCUT2D eigenvalue weighted by atomic mass is 10.1. The summed E-state index contributed by atoms with van der Waals surface area (Å²) in [5.74, 6) is 0. The van der Waals surface area contributed by atoms with Crippen LogP contribution in [0.4, 0.5) is 5.69 Å². The highest BCUT2D eigenvalue weighted by Crippen LogP contribution is 2.16. The number of hydrogen-bond acceptors (Lipinski definition) is 1. The van der Waals surface area contributed by atoms with Crippen LogP contribution in [0.3, 0.4) is 0 Å². The Morgan fingerprint density at radius 3 is 2.69 bits per heavy atom. The van der Waals surface area contributed by atoms with Gasteiger partial charge in [0.2, 0.25) is 0 Å². The topological polar surface area (TPSA) is 26.0 Å². The van der Waals surface area contributed by atoms with Gasteiger partial charge >= 0.3 is 0 Å². The van der Waals surface area contributed by atoms with Gasteiger partial charge in [0.05, 0.1) is 0 Å². The molecule has 13 heavy (non-hydrogen) atoms. The molecule has 1 aromatic rings. The van der Waals surface area contributed by atoms with Crippen molar-refractivity contribution in [2.24, 2.45) is 0 Å². The van der Waals surface area contributed by atoms with E-state index in [0.29, 0.717) is 0 Å². The van der Waals surface area contributed by atoms with E-state index in [4.69, 9.17) is 5.73 Å². The molecule has 0 heterocycles. The Hall–Kier alpha value is -0.980. The summed E-state index contributed by atoms with van der Waals surface area (Å²) in [6.07, 6.45) is 7.22. The molecule has 1 radical (unpaired) electrons. The molecule has 0 aliphatic rings. The smallest absolute Gasteiger partial charge is 0.0349 e. The zero-order chi connectivity index (χ0) is 9.52. The predicted molar refractivity (Wildman–Crippen MR) is 58.4 cm³/mol. The molecule has 0 bridgehead atoms. The standard InChI is InChI=1S/C12H18N/c1-2-3-4-5-8-11-9-6-7-10-12(11)13/h6-10H,2-5,13H2,1H3. The summed E-state index contributed by atoms with van der Waals surface area (Å²) < 4.78 is 0. The Kier molecular flexibility index (Phi) is 4.37. The molecular formula is C12H18N. The minimum atomic E-state index is 0.888. The van der Waals surface area contributed by atoms with Crippen molar-refractivity contribution in [2.75, 3.05) is 5.73 Å². The first kappa shape index (κ1) is 10.1. The van der Waals surface area contributed by atoms with Gasteiger partial charge in [0.25, 0.3) is 0 Å². The third-order valence-corrected chi connectivity index (χ3v) is 2.17. The highest BCUT2D eigenvalue weighted by Gasteiger charge is 1.96. The fourth-order valence-corrected chi connectivity index (χ4v) is 1.35. The number of anilines is 1. The Balaban J connectivity index is 2.32. The summed E-state index contributed by atoms with van der Waals surface area (Å²) in [6.45, 7) is 2.22. The highest BCUT2D eigenvalue weighted by molar-refractivity contribution is 5.49. The average molecular weight is 176 g/mol. The molecule has 1 heteroatoms.